The number of aromatic nitrogens is 1. The van der Waals surface area contributed by atoms with Crippen LogP contribution in [0.2, 0.25) is 0 Å². The zero-order chi connectivity index (χ0) is 16.6. The van der Waals surface area contributed by atoms with Gasteiger partial charge in [0, 0.05) is 10.9 Å². The lowest BCUT2D eigenvalue weighted by Gasteiger charge is -2.21. The van der Waals surface area contributed by atoms with E-state index >= 15 is 0 Å². The van der Waals surface area contributed by atoms with Crippen molar-refractivity contribution in [3.63, 3.8) is 0 Å². The van der Waals surface area contributed by atoms with Crippen LogP contribution in [0.1, 0.15) is 25.7 Å². The lowest BCUT2D eigenvalue weighted by molar-refractivity contribution is -0.121. The topological polar surface area (TPSA) is 86.5 Å². The van der Waals surface area contributed by atoms with Gasteiger partial charge in [-0.25, -0.2) is 4.98 Å². The van der Waals surface area contributed by atoms with Gasteiger partial charge in [0.15, 0.2) is 16.6 Å². The Balaban J connectivity index is 0.00000182. The van der Waals surface area contributed by atoms with E-state index in [1.165, 1.54) is 11.3 Å². The highest BCUT2D eigenvalue weighted by Gasteiger charge is 2.37. The molecule has 134 valence electrons. The first-order chi connectivity index (χ1) is 11.6. The number of amides is 1. The predicted octanol–water partition coefficient (Wildman–Crippen LogP) is 3.21. The van der Waals surface area contributed by atoms with Gasteiger partial charge in [-0.15, -0.1) is 23.7 Å². The second kappa shape index (κ2) is 7.19. The van der Waals surface area contributed by atoms with Gasteiger partial charge in [-0.3, -0.25) is 4.79 Å². The van der Waals surface area contributed by atoms with Crippen molar-refractivity contribution in [2.45, 2.75) is 31.2 Å². The largest absolute Gasteiger partial charge is 0.486 e. The third kappa shape index (κ3) is 3.58. The molecular formula is C17H20ClN3O3S. The van der Waals surface area contributed by atoms with Crippen LogP contribution < -0.4 is 20.5 Å². The molecule has 2 heterocycles. The minimum atomic E-state index is -0.747. The van der Waals surface area contributed by atoms with Crippen LogP contribution in [-0.4, -0.2) is 29.6 Å². The van der Waals surface area contributed by atoms with Gasteiger partial charge in [-0.05, 0) is 31.0 Å². The summed E-state index contributed by atoms with van der Waals surface area (Å²) in [5, 5.41) is 5.35. The number of hydrogen-bond donors (Lipinski definition) is 2. The number of ether oxygens (including phenoxy) is 2. The molecule has 2 aliphatic rings. The number of nitrogens with one attached hydrogen (secondary N) is 1. The van der Waals surface area contributed by atoms with E-state index in [9.17, 15) is 4.79 Å². The summed E-state index contributed by atoms with van der Waals surface area (Å²) < 4.78 is 11.1. The van der Waals surface area contributed by atoms with Crippen molar-refractivity contribution in [1.82, 2.24) is 4.98 Å². The summed E-state index contributed by atoms with van der Waals surface area (Å²) in [6, 6.07) is 5.74. The number of benzene rings is 1. The smallest absolute Gasteiger partial charge is 0.246 e. The molecule has 1 aliphatic carbocycles. The van der Waals surface area contributed by atoms with Crippen molar-refractivity contribution >= 4 is 34.8 Å². The lowest BCUT2D eigenvalue weighted by atomic mass is 9.98. The summed E-state index contributed by atoms with van der Waals surface area (Å²) in [4.78, 5) is 16.9. The standard InChI is InChI=1S/C17H19N3O3S.ClH/c18-17(5-1-2-6-17)15(21)20-16-19-12(10-24-16)11-3-4-13-14(9-11)23-8-7-22-13;/h3-4,9-10H,1-2,5-8,18H2,(H,19,20,21);1H. The molecule has 1 saturated carbocycles. The number of hydrogen-bond acceptors (Lipinski definition) is 6. The van der Waals surface area contributed by atoms with Gasteiger partial charge in [0.05, 0.1) is 11.2 Å². The van der Waals surface area contributed by atoms with E-state index in [2.05, 4.69) is 10.3 Å². The Morgan fingerprint density at radius 1 is 1.20 bits per heavy atom. The number of carbonyl (C=O) groups is 1. The molecule has 0 unspecified atom stereocenters. The molecule has 8 heteroatoms. The number of rotatable bonds is 3. The van der Waals surface area contributed by atoms with Crippen molar-refractivity contribution in [2.24, 2.45) is 5.73 Å². The second-order valence-corrected chi connectivity index (χ2v) is 7.07. The molecule has 4 rings (SSSR count). The molecule has 1 aromatic carbocycles. The predicted molar refractivity (Wildman–Crippen MR) is 99.8 cm³/mol. The molecule has 1 aliphatic heterocycles. The van der Waals surface area contributed by atoms with E-state index in [0.29, 0.717) is 18.3 Å². The monoisotopic (exact) mass is 381 g/mol. The van der Waals surface area contributed by atoms with Crippen molar-refractivity contribution < 1.29 is 14.3 Å². The van der Waals surface area contributed by atoms with Gasteiger partial charge < -0.3 is 20.5 Å². The average molecular weight is 382 g/mol. The van der Waals surface area contributed by atoms with Crippen LogP contribution in [0.3, 0.4) is 0 Å². The number of fused-ring (bicyclic) bond motifs is 1. The number of nitrogens with zero attached hydrogens (tertiary/aromatic N) is 1. The normalized spacial score (nSPS) is 17.6. The second-order valence-electron chi connectivity index (χ2n) is 6.21. The molecule has 0 saturated heterocycles. The Morgan fingerprint density at radius 2 is 1.92 bits per heavy atom. The Morgan fingerprint density at radius 3 is 2.68 bits per heavy atom. The molecule has 1 aromatic heterocycles. The fourth-order valence-electron chi connectivity index (χ4n) is 3.12. The van der Waals surface area contributed by atoms with Crippen molar-refractivity contribution in [3.05, 3.63) is 23.6 Å². The molecule has 1 fully saturated rings. The van der Waals surface area contributed by atoms with Crippen molar-refractivity contribution in [3.8, 4) is 22.8 Å². The highest BCUT2D eigenvalue weighted by atomic mass is 35.5. The Hall–Kier alpha value is -1.83. The van der Waals surface area contributed by atoms with Gasteiger partial charge in [0.1, 0.15) is 13.2 Å². The minimum absolute atomic E-state index is 0. The maximum atomic E-state index is 12.4. The zero-order valence-corrected chi connectivity index (χ0v) is 15.3. The Labute approximate surface area is 156 Å². The van der Waals surface area contributed by atoms with Gasteiger partial charge in [0.2, 0.25) is 5.91 Å². The number of carbonyl (C=O) groups excluding carboxylic acids is 1. The van der Waals surface area contributed by atoms with Gasteiger partial charge in [-0.2, -0.15) is 0 Å². The quantitative estimate of drug-likeness (QED) is 0.852. The van der Waals surface area contributed by atoms with E-state index in [0.717, 1.165) is 48.4 Å². The van der Waals surface area contributed by atoms with E-state index in [4.69, 9.17) is 15.2 Å². The van der Waals surface area contributed by atoms with Crippen molar-refractivity contribution in [1.29, 1.82) is 0 Å². The third-order valence-electron chi connectivity index (χ3n) is 4.51. The first-order valence-electron chi connectivity index (χ1n) is 8.10. The molecule has 2 aromatic rings. The number of thiazole rings is 1. The first kappa shape index (κ1) is 18.0. The maximum absolute atomic E-state index is 12.4. The van der Waals surface area contributed by atoms with Crippen LogP contribution in [0, 0.1) is 0 Å². The summed E-state index contributed by atoms with van der Waals surface area (Å²) in [6.45, 7) is 1.12. The molecule has 0 bridgehead atoms. The number of nitrogens with two attached hydrogens (primary N) is 1. The van der Waals surface area contributed by atoms with Crippen LogP contribution in [0.5, 0.6) is 11.5 Å². The highest BCUT2D eigenvalue weighted by molar-refractivity contribution is 7.14. The van der Waals surface area contributed by atoms with Crippen LogP contribution in [0.25, 0.3) is 11.3 Å². The fraction of sp³-hybridized carbons (Fsp3) is 0.412. The number of halogens is 1. The van der Waals surface area contributed by atoms with Crippen LogP contribution in [0.15, 0.2) is 23.6 Å². The van der Waals surface area contributed by atoms with Crippen molar-refractivity contribution in [2.75, 3.05) is 18.5 Å². The molecule has 6 nitrogen and oxygen atoms in total. The van der Waals surface area contributed by atoms with Crippen LogP contribution in [0.4, 0.5) is 5.13 Å². The summed E-state index contributed by atoms with van der Waals surface area (Å²) in [7, 11) is 0. The summed E-state index contributed by atoms with van der Waals surface area (Å²) in [5.74, 6) is 1.34. The molecule has 0 spiro atoms. The Kier molecular flexibility index (Phi) is 5.17. The number of anilines is 1. The molecule has 3 N–H and O–H groups in total. The summed E-state index contributed by atoms with van der Waals surface area (Å²) in [5.41, 5.74) is 7.16. The SMILES string of the molecule is Cl.NC1(C(=O)Nc2nc(-c3ccc4c(c3)OCCO4)cs2)CCCC1. The Bertz CT molecular complexity index is 774. The van der Waals surface area contributed by atoms with Gasteiger partial charge in [-0.1, -0.05) is 12.8 Å². The summed E-state index contributed by atoms with van der Waals surface area (Å²) >= 11 is 1.40. The molecular weight excluding hydrogens is 362 g/mol. The van der Waals surface area contributed by atoms with Crippen LogP contribution >= 0.6 is 23.7 Å². The first-order valence-corrected chi connectivity index (χ1v) is 8.98. The van der Waals surface area contributed by atoms with Gasteiger partial charge >= 0.3 is 0 Å². The van der Waals surface area contributed by atoms with E-state index < -0.39 is 5.54 Å². The lowest BCUT2D eigenvalue weighted by Crippen LogP contribution is -2.48. The van der Waals surface area contributed by atoms with E-state index in [1.807, 2.05) is 23.6 Å². The van der Waals surface area contributed by atoms with Crippen LogP contribution in [-0.2, 0) is 4.79 Å². The molecule has 0 radical (unpaired) electrons. The minimum Gasteiger partial charge on any atom is -0.486 e. The molecule has 0 atom stereocenters. The highest BCUT2D eigenvalue weighted by Crippen LogP contribution is 2.35. The van der Waals surface area contributed by atoms with E-state index in [1.54, 1.807) is 0 Å². The maximum Gasteiger partial charge on any atom is 0.246 e. The fourth-order valence-corrected chi connectivity index (χ4v) is 3.84. The third-order valence-corrected chi connectivity index (χ3v) is 5.27. The van der Waals surface area contributed by atoms with E-state index in [-0.39, 0.29) is 18.3 Å². The average Bonchev–Trinajstić information content (AvgIpc) is 3.24. The van der Waals surface area contributed by atoms with Gasteiger partial charge in [0.25, 0.3) is 0 Å². The summed E-state index contributed by atoms with van der Waals surface area (Å²) in [6.07, 6.45) is 3.48. The molecule has 25 heavy (non-hydrogen) atoms. The zero-order valence-electron chi connectivity index (χ0n) is 13.6. The molecule has 1 amide bonds.